The second kappa shape index (κ2) is 6.27. The number of halogens is 2. The Bertz CT molecular complexity index is 516. The number of hydrogen-bond acceptors (Lipinski definition) is 3. The molecule has 0 aliphatic heterocycles. The maximum Gasteiger partial charge on any atom is 0.151 e. The van der Waals surface area contributed by atoms with Gasteiger partial charge in [0, 0.05) is 17.6 Å². The molecule has 0 aliphatic carbocycles. The summed E-state index contributed by atoms with van der Waals surface area (Å²) in [5.41, 5.74) is 2.16. The van der Waals surface area contributed by atoms with Crippen LogP contribution in [0.1, 0.15) is 11.3 Å². The molecule has 0 aliphatic rings. The zero-order valence-corrected chi connectivity index (χ0v) is 12.3. The van der Waals surface area contributed by atoms with E-state index in [9.17, 15) is 0 Å². The summed E-state index contributed by atoms with van der Waals surface area (Å²) in [6, 6.07) is 11.9. The quantitative estimate of drug-likeness (QED) is 0.861. The topological polar surface area (TPSA) is 29.0 Å². The minimum absolute atomic E-state index is 0.423. The molecule has 1 heterocycles. The first kappa shape index (κ1) is 13.5. The highest BCUT2D eigenvalue weighted by molar-refractivity contribution is 9.10. The van der Waals surface area contributed by atoms with Gasteiger partial charge in [-0.05, 0) is 30.8 Å². The van der Waals surface area contributed by atoms with E-state index in [1.165, 1.54) is 5.56 Å². The van der Waals surface area contributed by atoms with Gasteiger partial charge in [-0.3, -0.25) is 4.90 Å². The van der Waals surface area contributed by atoms with Gasteiger partial charge in [0.15, 0.2) is 5.15 Å². The van der Waals surface area contributed by atoms with Crippen LogP contribution in [0.15, 0.2) is 40.9 Å². The van der Waals surface area contributed by atoms with E-state index in [1.807, 2.05) is 24.3 Å². The summed E-state index contributed by atoms with van der Waals surface area (Å²) in [4.78, 5) is 2.18. The monoisotopic (exact) mass is 325 g/mol. The van der Waals surface area contributed by atoms with Crippen LogP contribution in [0.2, 0.25) is 5.15 Å². The molecule has 18 heavy (non-hydrogen) atoms. The van der Waals surface area contributed by atoms with E-state index >= 15 is 0 Å². The van der Waals surface area contributed by atoms with E-state index in [2.05, 4.69) is 44.1 Å². The summed E-state index contributed by atoms with van der Waals surface area (Å²) in [5.74, 6) is 0. The first-order valence-corrected chi connectivity index (χ1v) is 6.72. The number of hydrogen-bond donors (Lipinski definition) is 0. The minimum Gasteiger partial charge on any atom is -0.296 e. The third-order valence-electron chi connectivity index (χ3n) is 2.52. The molecule has 0 spiro atoms. The molecular weight excluding hydrogens is 314 g/mol. The van der Waals surface area contributed by atoms with Crippen LogP contribution in [0.25, 0.3) is 0 Å². The van der Waals surface area contributed by atoms with Crippen LogP contribution in [0.4, 0.5) is 0 Å². The van der Waals surface area contributed by atoms with E-state index in [-0.39, 0.29) is 0 Å². The lowest BCUT2D eigenvalue weighted by atomic mass is 10.2. The molecule has 0 atom stereocenters. The molecule has 0 bridgehead atoms. The van der Waals surface area contributed by atoms with Crippen molar-refractivity contribution < 1.29 is 0 Å². The van der Waals surface area contributed by atoms with Crippen molar-refractivity contribution in [2.45, 2.75) is 13.1 Å². The van der Waals surface area contributed by atoms with Gasteiger partial charge in [0.2, 0.25) is 0 Å². The highest BCUT2D eigenvalue weighted by atomic mass is 79.9. The Hall–Kier alpha value is -0.970. The zero-order valence-electron chi connectivity index (χ0n) is 9.98. The summed E-state index contributed by atoms with van der Waals surface area (Å²) in [6.45, 7) is 1.59. The number of nitrogens with zero attached hydrogens (tertiary/aromatic N) is 3. The first-order chi connectivity index (χ1) is 8.65. The standard InChI is InChI=1S/C13H13BrClN3/c1-18(8-10-4-2-3-5-12(10)14)9-11-6-7-13(15)17-16-11/h2-7H,8-9H2,1H3. The average Bonchev–Trinajstić information content (AvgIpc) is 2.35. The lowest BCUT2D eigenvalue weighted by Gasteiger charge is -2.16. The van der Waals surface area contributed by atoms with Crippen LogP contribution in [0.5, 0.6) is 0 Å². The zero-order chi connectivity index (χ0) is 13.0. The molecule has 0 saturated carbocycles. The second-order valence-corrected chi connectivity index (χ2v) is 5.35. The summed E-state index contributed by atoms with van der Waals surface area (Å²) in [6.07, 6.45) is 0. The molecule has 3 nitrogen and oxygen atoms in total. The van der Waals surface area contributed by atoms with Crippen LogP contribution in [0, 0.1) is 0 Å². The molecular formula is C13H13BrClN3. The van der Waals surface area contributed by atoms with E-state index in [0.29, 0.717) is 5.15 Å². The fourth-order valence-corrected chi connectivity index (χ4v) is 2.19. The molecule has 2 rings (SSSR count). The van der Waals surface area contributed by atoms with Crippen molar-refractivity contribution >= 4 is 27.5 Å². The van der Waals surface area contributed by atoms with Crippen molar-refractivity contribution in [1.29, 1.82) is 0 Å². The van der Waals surface area contributed by atoms with Crippen LogP contribution in [0.3, 0.4) is 0 Å². The number of aromatic nitrogens is 2. The normalized spacial score (nSPS) is 10.9. The van der Waals surface area contributed by atoms with E-state index in [4.69, 9.17) is 11.6 Å². The highest BCUT2D eigenvalue weighted by Crippen LogP contribution is 2.17. The lowest BCUT2D eigenvalue weighted by molar-refractivity contribution is 0.313. The largest absolute Gasteiger partial charge is 0.296 e. The molecule has 0 N–H and O–H groups in total. The Morgan fingerprint density at radius 3 is 2.56 bits per heavy atom. The van der Waals surface area contributed by atoms with Gasteiger partial charge in [-0.25, -0.2) is 0 Å². The van der Waals surface area contributed by atoms with Gasteiger partial charge in [-0.15, -0.1) is 5.10 Å². The Kier molecular flexibility index (Phi) is 4.69. The molecule has 0 unspecified atom stereocenters. The first-order valence-electron chi connectivity index (χ1n) is 5.55. The molecule has 0 fully saturated rings. The Labute approximate surface area is 120 Å². The summed E-state index contributed by atoms with van der Waals surface area (Å²) < 4.78 is 1.12. The van der Waals surface area contributed by atoms with Gasteiger partial charge in [-0.2, -0.15) is 5.10 Å². The van der Waals surface area contributed by atoms with Gasteiger partial charge in [0.1, 0.15) is 0 Å². The van der Waals surface area contributed by atoms with Crippen LogP contribution in [-0.4, -0.2) is 22.1 Å². The Morgan fingerprint density at radius 1 is 1.11 bits per heavy atom. The van der Waals surface area contributed by atoms with Crippen molar-refractivity contribution in [2.75, 3.05) is 7.05 Å². The van der Waals surface area contributed by atoms with E-state index in [1.54, 1.807) is 6.07 Å². The predicted molar refractivity (Wildman–Crippen MR) is 76.4 cm³/mol. The fraction of sp³-hybridized carbons (Fsp3) is 0.231. The SMILES string of the molecule is CN(Cc1ccc(Cl)nn1)Cc1ccccc1Br. The number of benzene rings is 1. The van der Waals surface area contributed by atoms with Crippen molar-refractivity contribution in [1.82, 2.24) is 15.1 Å². The van der Waals surface area contributed by atoms with Gasteiger partial charge in [0.05, 0.1) is 5.69 Å². The summed E-state index contributed by atoms with van der Waals surface area (Å²) >= 11 is 9.25. The molecule has 2 aromatic rings. The Morgan fingerprint density at radius 2 is 1.89 bits per heavy atom. The van der Waals surface area contributed by atoms with Gasteiger partial charge in [0.25, 0.3) is 0 Å². The molecule has 5 heteroatoms. The minimum atomic E-state index is 0.423. The molecule has 1 aromatic carbocycles. The van der Waals surface area contributed by atoms with Crippen LogP contribution in [-0.2, 0) is 13.1 Å². The highest BCUT2D eigenvalue weighted by Gasteiger charge is 2.05. The summed E-state index contributed by atoms with van der Waals surface area (Å²) in [5, 5.41) is 8.31. The molecule has 0 saturated heterocycles. The van der Waals surface area contributed by atoms with E-state index in [0.717, 1.165) is 23.3 Å². The molecule has 94 valence electrons. The molecule has 0 radical (unpaired) electrons. The molecule has 0 amide bonds. The average molecular weight is 327 g/mol. The summed E-state index contributed by atoms with van der Waals surface area (Å²) in [7, 11) is 2.05. The van der Waals surface area contributed by atoms with Crippen molar-refractivity contribution in [2.24, 2.45) is 0 Å². The van der Waals surface area contributed by atoms with Crippen LogP contribution >= 0.6 is 27.5 Å². The maximum atomic E-state index is 5.71. The van der Waals surface area contributed by atoms with Crippen molar-refractivity contribution in [3.05, 3.63) is 57.3 Å². The fourth-order valence-electron chi connectivity index (χ4n) is 1.68. The van der Waals surface area contributed by atoms with Crippen molar-refractivity contribution in [3.63, 3.8) is 0 Å². The maximum absolute atomic E-state index is 5.71. The number of rotatable bonds is 4. The Balaban J connectivity index is 1.99. The van der Waals surface area contributed by atoms with Gasteiger partial charge < -0.3 is 0 Å². The third-order valence-corrected chi connectivity index (χ3v) is 3.49. The van der Waals surface area contributed by atoms with Gasteiger partial charge >= 0.3 is 0 Å². The predicted octanol–water partition coefficient (Wildman–Crippen LogP) is 3.52. The van der Waals surface area contributed by atoms with Crippen molar-refractivity contribution in [3.8, 4) is 0 Å². The lowest BCUT2D eigenvalue weighted by Crippen LogP contribution is -2.18. The van der Waals surface area contributed by atoms with Crippen LogP contribution < -0.4 is 0 Å². The molecule has 1 aromatic heterocycles. The third kappa shape index (κ3) is 3.77. The van der Waals surface area contributed by atoms with E-state index < -0.39 is 0 Å². The smallest absolute Gasteiger partial charge is 0.151 e. The second-order valence-electron chi connectivity index (χ2n) is 4.11. The van der Waals surface area contributed by atoms with Gasteiger partial charge in [-0.1, -0.05) is 45.7 Å².